The second kappa shape index (κ2) is 10.5. The minimum atomic E-state index is -3.39. The number of pyridine rings is 1. The van der Waals surface area contributed by atoms with Gasteiger partial charge in [0.25, 0.3) is 0 Å². The SMILES string of the molecule is Cc1cccc(N2CC(C(=O)NCCCS(=O)(=O)N3CCN(c4ccccn4)CC3)CC2=O)c1. The quantitative estimate of drug-likeness (QED) is 0.567. The molecule has 2 aliphatic heterocycles. The minimum absolute atomic E-state index is 0.0180. The Morgan fingerprint density at radius 1 is 1.12 bits per heavy atom. The van der Waals surface area contributed by atoms with Crippen LogP contribution in [0.15, 0.2) is 48.7 Å². The van der Waals surface area contributed by atoms with Crippen molar-refractivity contribution in [3.05, 3.63) is 54.2 Å². The molecule has 1 atom stereocenters. The van der Waals surface area contributed by atoms with Crippen LogP contribution in [0, 0.1) is 12.8 Å². The molecule has 0 radical (unpaired) electrons. The highest BCUT2D eigenvalue weighted by molar-refractivity contribution is 7.89. The largest absolute Gasteiger partial charge is 0.356 e. The van der Waals surface area contributed by atoms with E-state index in [2.05, 4.69) is 15.2 Å². The number of aryl methyl sites for hydroxylation is 1. The molecule has 0 spiro atoms. The zero-order chi connectivity index (χ0) is 24.1. The summed E-state index contributed by atoms with van der Waals surface area (Å²) in [5.41, 5.74) is 1.85. The molecule has 1 unspecified atom stereocenters. The summed E-state index contributed by atoms with van der Waals surface area (Å²) in [6.45, 7) is 4.60. The first-order chi connectivity index (χ1) is 16.3. The van der Waals surface area contributed by atoms with Crippen molar-refractivity contribution in [3.63, 3.8) is 0 Å². The highest BCUT2D eigenvalue weighted by atomic mass is 32.2. The maximum Gasteiger partial charge on any atom is 0.227 e. The maximum absolute atomic E-state index is 12.7. The van der Waals surface area contributed by atoms with Crippen molar-refractivity contribution in [2.45, 2.75) is 19.8 Å². The molecule has 9 nitrogen and oxygen atoms in total. The van der Waals surface area contributed by atoms with Gasteiger partial charge in [-0.2, -0.15) is 4.31 Å². The molecule has 2 aliphatic rings. The Bertz CT molecular complexity index is 1120. The number of hydrogen-bond acceptors (Lipinski definition) is 6. The average Bonchev–Trinajstić information content (AvgIpc) is 3.24. The average molecular weight is 486 g/mol. The first-order valence-corrected chi connectivity index (χ1v) is 13.2. The third-order valence-electron chi connectivity index (χ3n) is 6.29. The van der Waals surface area contributed by atoms with Crippen LogP contribution >= 0.6 is 0 Å². The number of carbonyl (C=O) groups is 2. The van der Waals surface area contributed by atoms with Crippen LogP contribution in [-0.4, -0.2) is 74.5 Å². The topological polar surface area (TPSA) is 103 Å². The van der Waals surface area contributed by atoms with Crippen molar-refractivity contribution < 1.29 is 18.0 Å². The van der Waals surface area contributed by atoms with Gasteiger partial charge < -0.3 is 15.1 Å². The summed E-state index contributed by atoms with van der Waals surface area (Å²) >= 11 is 0. The number of amides is 2. The highest BCUT2D eigenvalue weighted by Crippen LogP contribution is 2.26. The lowest BCUT2D eigenvalue weighted by molar-refractivity contribution is -0.126. The van der Waals surface area contributed by atoms with Gasteiger partial charge in [-0.15, -0.1) is 0 Å². The van der Waals surface area contributed by atoms with E-state index >= 15 is 0 Å². The van der Waals surface area contributed by atoms with Gasteiger partial charge in [-0.25, -0.2) is 13.4 Å². The van der Waals surface area contributed by atoms with Crippen LogP contribution in [0.4, 0.5) is 11.5 Å². The summed E-state index contributed by atoms with van der Waals surface area (Å²) in [4.78, 5) is 33.0. The van der Waals surface area contributed by atoms with Crippen LogP contribution in [0.5, 0.6) is 0 Å². The Balaban J connectivity index is 1.20. The van der Waals surface area contributed by atoms with Crippen LogP contribution in [0.25, 0.3) is 0 Å². The number of rotatable bonds is 8. The smallest absolute Gasteiger partial charge is 0.227 e. The summed E-state index contributed by atoms with van der Waals surface area (Å²) in [5.74, 6) is 0.136. The second-order valence-corrected chi connectivity index (χ2v) is 10.9. The monoisotopic (exact) mass is 485 g/mol. The minimum Gasteiger partial charge on any atom is -0.356 e. The van der Waals surface area contributed by atoms with Crippen molar-refractivity contribution in [1.82, 2.24) is 14.6 Å². The Kier molecular flexibility index (Phi) is 7.47. The molecule has 2 saturated heterocycles. The number of sulfonamides is 1. The van der Waals surface area contributed by atoms with Crippen molar-refractivity contribution in [2.75, 3.05) is 54.8 Å². The molecule has 2 aromatic rings. The molecule has 34 heavy (non-hydrogen) atoms. The number of nitrogens with one attached hydrogen (secondary N) is 1. The van der Waals surface area contributed by atoms with E-state index in [0.29, 0.717) is 39.1 Å². The van der Waals surface area contributed by atoms with Gasteiger partial charge >= 0.3 is 0 Å². The van der Waals surface area contributed by atoms with Gasteiger partial charge in [-0.05, 0) is 43.2 Å². The Morgan fingerprint density at radius 2 is 1.91 bits per heavy atom. The van der Waals surface area contributed by atoms with Crippen molar-refractivity contribution in [2.24, 2.45) is 5.92 Å². The summed E-state index contributed by atoms with van der Waals surface area (Å²) in [6.07, 6.45) is 2.23. The van der Waals surface area contributed by atoms with E-state index in [0.717, 1.165) is 17.1 Å². The highest BCUT2D eigenvalue weighted by Gasteiger charge is 2.35. The van der Waals surface area contributed by atoms with E-state index in [9.17, 15) is 18.0 Å². The fraction of sp³-hybridized carbons (Fsp3) is 0.458. The number of carbonyl (C=O) groups excluding carboxylic acids is 2. The number of anilines is 2. The van der Waals surface area contributed by atoms with E-state index in [-0.39, 0.29) is 30.5 Å². The molecule has 2 fully saturated rings. The van der Waals surface area contributed by atoms with Gasteiger partial charge in [-0.1, -0.05) is 18.2 Å². The van der Waals surface area contributed by atoms with Gasteiger partial charge in [0.2, 0.25) is 21.8 Å². The maximum atomic E-state index is 12.7. The lowest BCUT2D eigenvalue weighted by Gasteiger charge is -2.34. The zero-order valence-electron chi connectivity index (χ0n) is 19.4. The lowest BCUT2D eigenvalue weighted by atomic mass is 10.1. The molecule has 3 heterocycles. The van der Waals surface area contributed by atoms with Crippen molar-refractivity contribution in [1.29, 1.82) is 0 Å². The second-order valence-electron chi connectivity index (χ2n) is 8.78. The molecule has 10 heteroatoms. The van der Waals surface area contributed by atoms with Crippen LogP contribution < -0.4 is 15.1 Å². The summed E-state index contributed by atoms with van der Waals surface area (Å²) in [6, 6.07) is 13.3. The zero-order valence-corrected chi connectivity index (χ0v) is 20.2. The van der Waals surface area contributed by atoms with Gasteiger partial charge in [0.1, 0.15) is 5.82 Å². The Labute approximate surface area is 200 Å². The molecule has 0 aliphatic carbocycles. The van der Waals surface area contributed by atoms with Gasteiger partial charge in [0.15, 0.2) is 0 Å². The molecule has 0 bridgehead atoms. The molecule has 2 amide bonds. The Morgan fingerprint density at radius 3 is 2.62 bits per heavy atom. The fourth-order valence-corrected chi connectivity index (χ4v) is 5.89. The number of aromatic nitrogens is 1. The molecule has 182 valence electrons. The third-order valence-corrected chi connectivity index (χ3v) is 8.25. The van der Waals surface area contributed by atoms with Gasteiger partial charge in [-0.3, -0.25) is 9.59 Å². The first-order valence-electron chi connectivity index (χ1n) is 11.6. The van der Waals surface area contributed by atoms with E-state index in [1.807, 2.05) is 49.4 Å². The van der Waals surface area contributed by atoms with E-state index < -0.39 is 15.9 Å². The van der Waals surface area contributed by atoms with Crippen LogP contribution in [-0.2, 0) is 19.6 Å². The molecular formula is C24H31N5O4S. The molecular weight excluding hydrogens is 454 g/mol. The van der Waals surface area contributed by atoms with Crippen LogP contribution in [0.3, 0.4) is 0 Å². The first kappa shape index (κ1) is 24.2. The number of nitrogens with zero attached hydrogens (tertiary/aromatic N) is 4. The predicted octanol–water partition coefficient (Wildman–Crippen LogP) is 1.40. The lowest BCUT2D eigenvalue weighted by Crippen LogP contribution is -2.49. The number of piperazine rings is 1. The standard InChI is InChI=1S/C24H31N5O4S/c1-19-6-4-7-21(16-19)29-18-20(17-23(29)30)24(31)26-10-5-15-34(32,33)28-13-11-27(12-14-28)22-8-2-3-9-25-22/h2-4,6-9,16,20H,5,10-15,17-18H2,1H3,(H,26,31). The number of benzene rings is 1. The third kappa shape index (κ3) is 5.74. The van der Waals surface area contributed by atoms with Crippen LogP contribution in [0.2, 0.25) is 0 Å². The van der Waals surface area contributed by atoms with Crippen LogP contribution in [0.1, 0.15) is 18.4 Å². The summed E-state index contributed by atoms with van der Waals surface area (Å²) in [5, 5.41) is 2.82. The Hall–Kier alpha value is -2.98. The van der Waals surface area contributed by atoms with Gasteiger partial charge in [0.05, 0.1) is 11.7 Å². The predicted molar refractivity (Wildman–Crippen MR) is 131 cm³/mol. The van der Waals surface area contributed by atoms with Crippen molar-refractivity contribution >= 4 is 33.3 Å². The molecule has 1 aromatic heterocycles. The van der Waals surface area contributed by atoms with Gasteiger partial charge in [0, 0.05) is 57.6 Å². The molecule has 0 saturated carbocycles. The fourth-order valence-electron chi connectivity index (χ4n) is 4.40. The van der Waals surface area contributed by atoms with E-state index in [1.54, 1.807) is 11.1 Å². The summed E-state index contributed by atoms with van der Waals surface area (Å²) < 4.78 is 27.0. The molecule has 1 N–H and O–H groups in total. The normalized spacial score (nSPS) is 19.4. The molecule has 4 rings (SSSR count). The van der Waals surface area contributed by atoms with Crippen molar-refractivity contribution in [3.8, 4) is 0 Å². The molecule has 1 aromatic carbocycles. The number of hydrogen-bond donors (Lipinski definition) is 1. The van der Waals surface area contributed by atoms with E-state index in [4.69, 9.17) is 0 Å². The summed E-state index contributed by atoms with van der Waals surface area (Å²) in [7, 11) is -3.39. The van der Waals surface area contributed by atoms with E-state index in [1.165, 1.54) is 4.31 Å².